The molecule has 0 bridgehead atoms. The number of alkyl halides is 1. The topological polar surface area (TPSA) is 46.2 Å². The molecule has 2 rings (SSSR count). The maximum atomic E-state index is 12.7. The molecule has 0 aliphatic heterocycles. The third kappa shape index (κ3) is 3.52. The van der Waals surface area contributed by atoms with E-state index in [9.17, 15) is 9.59 Å². The van der Waals surface area contributed by atoms with Crippen molar-refractivity contribution in [2.24, 2.45) is 0 Å². The number of hydrogen-bond donors (Lipinski definition) is 1. The number of amides is 1. The van der Waals surface area contributed by atoms with Crippen molar-refractivity contribution < 1.29 is 9.59 Å². The van der Waals surface area contributed by atoms with E-state index in [4.69, 9.17) is 11.6 Å². The van der Waals surface area contributed by atoms with E-state index < -0.39 is 0 Å². The van der Waals surface area contributed by atoms with Gasteiger partial charge in [-0.05, 0) is 24.6 Å². The van der Waals surface area contributed by atoms with Crippen molar-refractivity contribution in [2.45, 2.75) is 6.92 Å². The van der Waals surface area contributed by atoms with Gasteiger partial charge in [0.1, 0.15) is 0 Å². The summed E-state index contributed by atoms with van der Waals surface area (Å²) < 4.78 is 0. The van der Waals surface area contributed by atoms with Crippen LogP contribution in [-0.4, -0.2) is 17.0 Å². The van der Waals surface area contributed by atoms with Crippen molar-refractivity contribution in [2.75, 3.05) is 10.6 Å². The molecule has 0 atom stereocenters. The quantitative estimate of drug-likeness (QED) is 0.651. The number of nitrogens with one attached hydrogen (secondary N) is 1. The van der Waals surface area contributed by atoms with Crippen LogP contribution < -0.4 is 5.32 Å². The lowest BCUT2D eigenvalue weighted by molar-refractivity contribution is -0.113. The molecule has 3 nitrogen and oxygen atoms in total. The normalized spacial score (nSPS) is 10.2. The van der Waals surface area contributed by atoms with Gasteiger partial charge < -0.3 is 5.32 Å². The highest BCUT2D eigenvalue weighted by molar-refractivity contribution is 9.09. The first-order valence-corrected chi connectivity index (χ1v) is 7.79. The molecule has 0 aromatic heterocycles. The van der Waals surface area contributed by atoms with Crippen LogP contribution >= 0.6 is 27.5 Å². The molecule has 1 N–H and O–H groups in total. The number of ketones is 1. The number of benzene rings is 2. The van der Waals surface area contributed by atoms with Crippen LogP contribution in [0.15, 0.2) is 42.5 Å². The molecular formula is C16H13BrClNO2. The molecule has 108 valence electrons. The average Bonchev–Trinajstić information content (AvgIpc) is 2.51. The van der Waals surface area contributed by atoms with E-state index in [1.807, 2.05) is 6.07 Å². The second kappa shape index (κ2) is 6.87. The van der Waals surface area contributed by atoms with Crippen LogP contribution in [0.5, 0.6) is 0 Å². The predicted octanol–water partition coefficient (Wildman–Crippen LogP) is 4.21. The van der Waals surface area contributed by atoms with Gasteiger partial charge in [-0.2, -0.15) is 0 Å². The van der Waals surface area contributed by atoms with Crippen LogP contribution in [0.4, 0.5) is 5.69 Å². The first kappa shape index (κ1) is 15.7. The molecule has 5 heteroatoms. The molecule has 0 aliphatic rings. The Labute approximate surface area is 136 Å². The minimum atomic E-state index is -0.223. The molecule has 0 spiro atoms. The molecule has 0 heterocycles. The monoisotopic (exact) mass is 365 g/mol. The SMILES string of the molecule is Cc1c(Cl)ccc(NC(=O)CBr)c1C(=O)c1ccccc1. The lowest BCUT2D eigenvalue weighted by Crippen LogP contribution is -2.16. The largest absolute Gasteiger partial charge is 0.325 e. The van der Waals surface area contributed by atoms with Crippen LogP contribution in [0.3, 0.4) is 0 Å². The Hall–Kier alpha value is -1.65. The Kier molecular flexibility index (Phi) is 5.15. The summed E-state index contributed by atoms with van der Waals surface area (Å²) in [7, 11) is 0. The summed E-state index contributed by atoms with van der Waals surface area (Å²) in [6, 6.07) is 12.2. The predicted molar refractivity (Wildman–Crippen MR) is 88.5 cm³/mol. The zero-order chi connectivity index (χ0) is 15.4. The number of rotatable bonds is 4. The van der Waals surface area contributed by atoms with E-state index in [0.29, 0.717) is 27.4 Å². The molecular weight excluding hydrogens is 354 g/mol. The fourth-order valence-corrected chi connectivity index (χ4v) is 2.30. The van der Waals surface area contributed by atoms with Gasteiger partial charge in [0.15, 0.2) is 5.78 Å². The molecule has 2 aromatic carbocycles. The summed E-state index contributed by atoms with van der Waals surface area (Å²) in [5.41, 5.74) is 2.09. The molecule has 0 aliphatic carbocycles. The summed E-state index contributed by atoms with van der Waals surface area (Å²) in [4.78, 5) is 24.3. The molecule has 0 saturated heterocycles. The lowest BCUT2D eigenvalue weighted by atomic mass is 9.97. The Bertz CT molecular complexity index is 686. The first-order valence-electron chi connectivity index (χ1n) is 6.29. The minimum absolute atomic E-state index is 0.160. The van der Waals surface area contributed by atoms with Crippen LogP contribution in [0, 0.1) is 6.92 Å². The van der Waals surface area contributed by atoms with Gasteiger partial charge >= 0.3 is 0 Å². The smallest absolute Gasteiger partial charge is 0.235 e. The maximum absolute atomic E-state index is 12.7. The summed E-state index contributed by atoms with van der Waals surface area (Å²) in [5.74, 6) is -0.390. The lowest BCUT2D eigenvalue weighted by Gasteiger charge is -2.14. The highest BCUT2D eigenvalue weighted by Gasteiger charge is 2.19. The van der Waals surface area contributed by atoms with Gasteiger partial charge in [0.05, 0.1) is 16.6 Å². The molecule has 2 aromatic rings. The molecule has 0 radical (unpaired) electrons. The van der Waals surface area contributed by atoms with Gasteiger partial charge in [-0.1, -0.05) is 57.9 Å². The molecule has 0 unspecified atom stereocenters. The van der Waals surface area contributed by atoms with Crippen molar-refractivity contribution in [1.82, 2.24) is 0 Å². The van der Waals surface area contributed by atoms with Crippen molar-refractivity contribution in [3.8, 4) is 0 Å². The molecule has 21 heavy (non-hydrogen) atoms. The van der Waals surface area contributed by atoms with Gasteiger partial charge in [0.25, 0.3) is 0 Å². The highest BCUT2D eigenvalue weighted by Crippen LogP contribution is 2.28. The third-order valence-corrected chi connectivity index (χ3v) is 3.98. The Morgan fingerprint density at radius 2 is 1.81 bits per heavy atom. The van der Waals surface area contributed by atoms with Gasteiger partial charge in [0.2, 0.25) is 5.91 Å². The zero-order valence-corrected chi connectivity index (χ0v) is 13.7. The summed E-state index contributed by atoms with van der Waals surface area (Å²) in [6.07, 6.45) is 0. The zero-order valence-electron chi connectivity index (χ0n) is 11.3. The number of carbonyl (C=O) groups excluding carboxylic acids is 2. The van der Waals surface area contributed by atoms with E-state index in [1.165, 1.54) is 0 Å². The van der Waals surface area contributed by atoms with Crippen LogP contribution in [0.2, 0.25) is 5.02 Å². The van der Waals surface area contributed by atoms with E-state index in [-0.39, 0.29) is 17.0 Å². The van der Waals surface area contributed by atoms with Crippen molar-refractivity contribution in [3.05, 3.63) is 64.2 Å². The highest BCUT2D eigenvalue weighted by atomic mass is 79.9. The average molecular weight is 367 g/mol. The van der Waals surface area contributed by atoms with Gasteiger partial charge in [-0.25, -0.2) is 0 Å². The van der Waals surface area contributed by atoms with Crippen molar-refractivity contribution in [1.29, 1.82) is 0 Å². The number of hydrogen-bond acceptors (Lipinski definition) is 2. The molecule has 0 saturated carbocycles. The van der Waals surface area contributed by atoms with Crippen molar-refractivity contribution >= 4 is 44.9 Å². The number of halogens is 2. The minimum Gasteiger partial charge on any atom is -0.325 e. The van der Waals surface area contributed by atoms with E-state index >= 15 is 0 Å². The van der Waals surface area contributed by atoms with Gasteiger partial charge in [-0.3, -0.25) is 9.59 Å². The molecule has 1 amide bonds. The van der Waals surface area contributed by atoms with Gasteiger partial charge in [-0.15, -0.1) is 0 Å². The maximum Gasteiger partial charge on any atom is 0.235 e. The second-order valence-corrected chi connectivity index (χ2v) is 5.44. The molecule has 0 fully saturated rings. The van der Waals surface area contributed by atoms with E-state index in [2.05, 4.69) is 21.2 Å². The van der Waals surface area contributed by atoms with Crippen molar-refractivity contribution in [3.63, 3.8) is 0 Å². The number of anilines is 1. The summed E-state index contributed by atoms with van der Waals surface area (Å²) >= 11 is 9.20. The fourth-order valence-electron chi connectivity index (χ4n) is 2.00. The fraction of sp³-hybridized carbons (Fsp3) is 0.125. The number of carbonyl (C=O) groups is 2. The summed E-state index contributed by atoms with van der Waals surface area (Å²) in [6.45, 7) is 1.77. The van der Waals surface area contributed by atoms with Gasteiger partial charge in [0, 0.05) is 10.6 Å². The Morgan fingerprint density at radius 3 is 2.43 bits per heavy atom. The standard InChI is InChI=1S/C16H13BrClNO2/c1-10-12(18)7-8-13(19-14(20)9-17)15(10)16(21)11-5-3-2-4-6-11/h2-8H,9H2,1H3,(H,19,20). The van der Waals surface area contributed by atoms with E-state index in [1.54, 1.807) is 43.3 Å². The summed E-state index contributed by atoms with van der Waals surface area (Å²) in [5, 5.41) is 3.37. The van der Waals surface area contributed by atoms with Crippen LogP contribution in [0.1, 0.15) is 21.5 Å². The first-order chi connectivity index (χ1) is 10.0. The van der Waals surface area contributed by atoms with Crippen LogP contribution in [0.25, 0.3) is 0 Å². The Morgan fingerprint density at radius 1 is 1.14 bits per heavy atom. The Balaban J connectivity index is 2.52. The second-order valence-electron chi connectivity index (χ2n) is 4.47. The van der Waals surface area contributed by atoms with E-state index in [0.717, 1.165) is 0 Å². The third-order valence-electron chi connectivity index (χ3n) is 3.06. The van der Waals surface area contributed by atoms with Crippen LogP contribution in [-0.2, 0) is 4.79 Å².